The Bertz CT molecular complexity index is 821. The molecule has 2 heterocycles. The first-order valence-electron chi connectivity index (χ1n) is 6.84. The van der Waals surface area contributed by atoms with Crippen molar-refractivity contribution in [3.05, 3.63) is 59.3 Å². The summed E-state index contributed by atoms with van der Waals surface area (Å²) in [6.07, 6.45) is 1.93. The number of carbonyl (C=O) groups excluding carboxylic acids is 2. The number of ketones is 2. The van der Waals surface area contributed by atoms with Gasteiger partial charge in [-0.15, -0.1) is 10.2 Å². The van der Waals surface area contributed by atoms with Crippen molar-refractivity contribution in [1.82, 2.24) is 20.6 Å². The fourth-order valence-electron chi connectivity index (χ4n) is 2.14. The number of hydrogen-bond donors (Lipinski definition) is 2. The minimum atomic E-state index is -0.798. The third-order valence-corrected chi connectivity index (χ3v) is 3.33. The van der Waals surface area contributed by atoms with Gasteiger partial charge in [0.05, 0.1) is 12.7 Å². The first kappa shape index (κ1) is 14.6. The molecule has 0 bridgehead atoms. The minimum Gasteiger partial charge on any atom is -0.469 e. The van der Waals surface area contributed by atoms with Gasteiger partial charge in [0, 0.05) is 12.1 Å². The summed E-state index contributed by atoms with van der Waals surface area (Å²) < 4.78 is 5.34. The largest absolute Gasteiger partial charge is 0.469 e. The topological polar surface area (TPSA) is 128 Å². The van der Waals surface area contributed by atoms with E-state index >= 15 is 0 Å². The van der Waals surface area contributed by atoms with Gasteiger partial charge < -0.3 is 10.2 Å². The number of furan rings is 1. The van der Waals surface area contributed by atoms with Crippen molar-refractivity contribution >= 4 is 17.3 Å². The van der Waals surface area contributed by atoms with Crippen LogP contribution in [-0.2, 0) is 17.6 Å². The maximum atomic E-state index is 12.0. The number of aromatic nitrogens is 4. The van der Waals surface area contributed by atoms with Gasteiger partial charge in [0.25, 0.3) is 5.78 Å². The van der Waals surface area contributed by atoms with Gasteiger partial charge in [-0.25, -0.2) is 0 Å². The van der Waals surface area contributed by atoms with E-state index in [0.29, 0.717) is 17.9 Å². The molecule has 3 aromatic rings. The average molecular weight is 311 g/mol. The molecule has 0 saturated heterocycles. The van der Waals surface area contributed by atoms with Crippen LogP contribution in [0.3, 0.4) is 0 Å². The number of tetrazole rings is 1. The molecule has 23 heavy (non-hydrogen) atoms. The van der Waals surface area contributed by atoms with Crippen LogP contribution in [-0.4, -0.2) is 32.2 Å². The fourth-order valence-corrected chi connectivity index (χ4v) is 2.14. The van der Waals surface area contributed by atoms with Gasteiger partial charge in [-0.1, -0.05) is 12.1 Å². The summed E-state index contributed by atoms with van der Waals surface area (Å²) in [4.78, 5) is 23.9. The maximum Gasteiger partial charge on any atom is 0.269 e. The summed E-state index contributed by atoms with van der Waals surface area (Å²) >= 11 is 0. The summed E-state index contributed by atoms with van der Waals surface area (Å²) in [5, 5.41) is 12.4. The molecule has 0 spiro atoms. The zero-order chi connectivity index (χ0) is 16.2. The molecule has 0 amide bonds. The van der Waals surface area contributed by atoms with Crippen LogP contribution in [0.25, 0.3) is 0 Å². The molecule has 1 aromatic carbocycles. The second kappa shape index (κ2) is 6.22. The van der Waals surface area contributed by atoms with E-state index in [0.717, 1.165) is 11.1 Å². The average Bonchev–Trinajstić information content (AvgIpc) is 3.21. The van der Waals surface area contributed by atoms with E-state index < -0.39 is 11.6 Å². The Hall–Kier alpha value is -3.29. The van der Waals surface area contributed by atoms with Crippen molar-refractivity contribution in [2.45, 2.75) is 12.8 Å². The molecule has 0 radical (unpaired) electrons. The predicted octanol–water partition coefficient (Wildman–Crippen LogP) is 0.960. The number of benzene rings is 1. The van der Waals surface area contributed by atoms with Gasteiger partial charge in [0.2, 0.25) is 11.6 Å². The van der Waals surface area contributed by atoms with Crippen LogP contribution in [0, 0.1) is 0 Å². The van der Waals surface area contributed by atoms with Crippen molar-refractivity contribution in [1.29, 1.82) is 0 Å². The fraction of sp³-hybridized carbons (Fsp3) is 0.133. The number of Topliss-reactive ketones (excluding diaryl/α,β-unsaturated/α-hetero) is 2. The molecule has 0 aliphatic heterocycles. The maximum absolute atomic E-state index is 12.0. The van der Waals surface area contributed by atoms with Crippen LogP contribution in [0.5, 0.6) is 0 Å². The molecular formula is C15H13N5O3. The van der Waals surface area contributed by atoms with Gasteiger partial charge in [-0.2, -0.15) is 5.21 Å². The second-order valence-corrected chi connectivity index (χ2v) is 4.95. The molecular weight excluding hydrogens is 298 g/mol. The molecule has 0 aliphatic carbocycles. The molecule has 8 nitrogen and oxygen atoms in total. The zero-order valence-corrected chi connectivity index (χ0v) is 12.0. The molecule has 0 saturated carbocycles. The van der Waals surface area contributed by atoms with Crippen LogP contribution in [0.2, 0.25) is 0 Å². The summed E-state index contributed by atoms with van der Waals surface area (Å²) in [6.45, 7) is 0. The predicted molar refractivity (Wildman–Crippen MR) is 79.6 cm³/mol. The van der Waals surface area contributed by atoms with Gasteiger partial charge in [-0.05, 0) is 34.5 Å². The first-order valence-corrected chi connectivity index (χ1v) is 6.84. The molecule has 0 unspecified atom stereocenters. The number of rotatable bonds is 6. The van der Waals surface area contributed by atoms with Crippen molar-refractivity contribution in [2.24, 2.45) is 0 Å². The number of aromatic amines is 1. The Morgan fingerprint density at radius 1 is 1.17 bits per heavy atom. The van der Waals surface area contributed by atoms with E-state index in [1.165, 1.54) is 6.26 Å². The van der Waals surface area contributed by atoms with E-state index in [2.05, 4.69) is 20.6 Å². The van der Waals surface area contributed by atoms with Crippen LogP contribution in [0.15, 0.2) is 41.0 Å². The van der Waals surface area contributed by atoms with Crippen molar-refractivity contribution in [2.75, 3.05) is 5.73 Å². The number of anilines is 1. The van der Waals surface area contributed by atoms with Crippen LogP contribution in [0.4, 0.5) is 5.69 Å². The van der Waals surface area contributed by atoms with Crippen molar-refractivity contribution < 1.29 is 14.0 Å². The van der Waals surface area contributed by atoms with Gasteiger partial charge in [0.15, 0.2) is 0 Å². The van der Waals surface area contributed by atoms with Crippen LogP contribution in [0.1, 0.15) is 27.5 Å². The highest BCUT2D eigenvalue weighted by Crippen LogP contribution is 2.18. The third kappa shape index (κ3) is 3.31. The number of nitrogens with two attached hydrogens (primary N) is 1. The normalized spacial score (nSPS) is 10.6. The highest BCUT2D eigenvalue weighted by Gasteiger charge is 2.23. The number of hydrogen-bond acceptors (Lipinski definition) is 7. The molecule has 0 atom stereocenters. The number of nitrogens with one attached hydrogen (secondary N) is 1. The van der Waals surface area contributed by atoms with Crippen LogP contribution < -0.4 is 5.73 Å². The number of carbonyl (C=O) groups is 2. The van der Waals surface area contributed by atoms with Crippen LogP contribution >= 0.6 is 0 Å². The number of H-pyrrole nitrogens is 1. The van der Waals surface area contributed by atoms with E-state index in [4.69, 9.17) is 10.2 Å². The Kier molecular flexibility index (Phi) is 3.96. The number of nitrogens with zero attached hydrogens (tertiary/aromatic N) is 3. The van der Waals surface area contributed by atoms with Crippen molar-refractivity contribution in [3.63, 3.8) is 0 Å². The van der Waals surface area contributed by atoms with E-state index in [1.807, 2.05) is 12.1 Å². The first-order chi connectivity index (χ1) is 11.1. The third-order valence-electron chi connectivity index (χ3n) is 3.33. The summed E-state index contributed by atoms with van der Waals surface area (Å²) in [6, 6.07) is 9.19. The van der Waals surface area contributed by atoms with Crippen molar-refractivity contribution in [3.8, 4) is 0 Å². The molecule has 116 valence electrons. The lowest BCUT2D eigenvalue weighted by atomic mass is 10.0. The zero-order valence-electron chi connectivity index (χ0n) is 12.0. The molecule has 0 aliphatic rings. The standard InChI is InChI=1S/C15H13N5O3/c16-11-3-1-9(2-4-11)7-10-5-6-23-13(10)8-12(21)14(22)15-17-19-20-18-15/h1-6H,7-8,16H2,(H,17,18,19,20). The van der Waals surface area contributed by atoms with Gasteiger partial charge in [0.1, 0.15) is 5.76 Å². The molecule has 2 aromatic heterocycles. The Labute approximate surface area is 130 Å². The molecule has 8 heteroatoms. The Morgan fingerprint density at radius 3 is 2.65 bits per heavy atom. The highest BCUT2D eigenvalue weighted by atomic mass is 16.3. The lowest BCUT2D eigenvalue weighted by molar-refractivity contribution is -0.114. The van der Waals surface area contributed by atoms with Gasteiger partial charge >= 0.3 is 0 Å². The monoisotopic (exact) mass is 311 g/mol. The highest BCUT2D eigenvalue weighted by molar-refractivity contribution is 6.42. The van der Waals surface area contributed by atoms with E-state index in [1.54, 1.807) is 18.2 Å². The Morgan fingerprint density at radius 2 is 1.96 bits per heavy atom. The van der Waals surface area contributed by atoms with E-state index in [9.17, 15) is 9.59 Å². The lowest BCUT2D eigenvalue weighted by Gasteiger charge is -2.03. The summed E-state index contributed by atoms with van der Waals surface area (Å²) in [5.74, 6) is -1.25. The smallest absolute Gasteiger partial charge is 0.269 e. The number of nitrogen functional groups attached to an aromatic ring is 1. The molecule has 0 fully saturated rings. The lowest BCUT2D eigenvalue weighted by Crippen LogP contribution is -2.18. The quantitative estimate of drug-likeness (QED) is 0.394. The Balaban J connectivity index is 1.72. The van der Waals surface area contributed by atoms with E-state index in [-0.39, 0.29) is 12.2 Å². The second-order valence-electron chi connectivity index (χ2n) is 4.95. The summed E-state index contributed by atoms with van der Waals surface area (Å²) in [7, 11) is 0. The molecule has 3 N–H and O–H groups in total. The minimum absolute atomic E-state index is 0.148. The molecule has 3 rings (SSSR count). The van der Waals surface area contributed by atoms with Gasteiger partial charge in [-0.3, -0.25) is 9.59 Å². The summed E-state index contributed by atoms with van der Waals surface area (Å²) in [5.41, 5.74) is 8.20. The SMILES string of the molecule is Nc1ccc(Cc2ccoc2CC(=O)C(=O)c2nn[nH]n2)cc1.